The Kier molecular flexibility index (Phi) is 4.14. The summed E-state index contributed by atoms with van der Waals surface area (Å²) in [6.07, 6.45) is 0. The standard InChI is InChI=1S/C11H14O5/c1-8(2)11(15-13,16-14)10(12)9-6-4-3-5-7-9/h3-8,13-14H,1-2H3. The van der Waals surface area contributed by atoms with Crippen LogP contribution >= 0.6 is 0 Å². The van der Waals surface area contributed by atoms with Gasteiger partial charge in [-0.1, -0.05) is 44.2 Å². The van der Waals surface area contributed by atoms with Gasteiger partial charge in [-0.05, 0) is 0 Å². The fraction of sp³-hybridized carbons (Fsp3) is 0.364. The Morgan fingerprint density at radius 1 is 1.19 bits per heavy atom. The number of Topliss-reactive ketones (excluding diaryl/α,β-unsaturated/α-hetero) is 1. The monoisotopic (exact) mass is 226 g/mol. The maximum Gasteiger partial charge on any atom is 0.297 e. The molecule has 88 valence electrons. The summed E-state index contributed by atoms with van der Waals surface area (Å²) < 4.78 is 0. The van der Waals surface area contributed by atoms with Gasteiger partial charge in [-0.15, -0.1) is 0 Å². The first kappa shape index (κ1) is 12.8. The highest BCUT2D eigenvalue weighted by Gasteiger charge is 2.46. The zero-order valence-corrected chi connectivity index (χ0v) is 9.08. The second-order valence-electron chi connectivity index (χ2n) is 3.70. The summed E-state index contributed by atoms with van der Waals surface area (Å²) >= 11 is 0. The van der Waals surface area contributed by atoms with Crippen LogP contribution in [0.2, 0.25) is 0 Å². The van der Waals surface area contributed by atoms with Gasteiger partial charge in [0.25, 0.3) is 5.79 Å². The molecule has 0 heterocycles. The summed E-state index contributed by atoms with van der Waals surface area (Å²) in [6, 6.07) is 8.14. The van der Waals surface area contributed by atoms with Crippen LogP contribution in [0.5, 0.6) is 0 Å². The minimum absolute atomic E-state index is 0.277. The lowest BCUT2D eigenvalue weighted by atomic mass is 9.94. The van der Waals surface area contributed by atoms with Crippen molar-refractivity contribution in [1.82, 2.24) is 0 Å². The maximum atomic E-state index is 12.0. The van der Waals surface area contributed by atoms with Crippen molar-refractivity contribution in [2.24, 2.45) is 5.92 Å². The van der Waals surface area contributed by atoms with Crippen LogP contribution in [0.1, 0.15) is 24.2 Å². The molecule has 1 aromatic carbocycles. The van der Waals surface area contributed by atoms with Crippen molar-refractivity contribution in [3.63, 3.8) is 0 Å². The van der Waals surface area contributed by atoms with Crippen LogP contribution in [-0.4, -0.2) is 22.1 Å². The lowest BCUT2D eigenvalue weighted by molar-refractivity contribution is -0.473. The molecule has 1 aromatic rings. The van der Waals surface area contributed by atoms with Crippen molar-refractivity contribution in [3.8, 4) is 0 Å². The summed E-state index contributed by atoms with van der Waals surface area (Å²) in [7, 11) is 0. The highest BCUT2D eigenvalue weighted by atomic mass is 17.2. The van der Waals surface area contributed by atoms with Crippen LogP contribution in [-0.2, 0) is 9.78 Å². The minimum Gasteiger partial charge on any atom is -0.288 e. The number of rotatable bonds is 5. The molecule has 0 unspecified atom stereocenters. The van der Waals surface area contributed by atoms with E-state index in [4.69, 9.17) is 10.5 Å². The normalized spacial score (nSPS) is 11.8. The van der Waals surface area contributed by atoms with Gasteiger partial charge >= 0.3 is 0 Å². The quantitative estimate of drug-likeness (QED) is 0.348. The van der Waals surface area contributed by atoms with Crippen LogP contribution < -0.4 is 0 Å². The van der Waals surface area contributed by atoms with Crippen LogP contribution in [0, 0.1) is 5.92 Å². The van der Waals surface area contributed by atoms with E-state index in [2.05, 4.69) is 9.78 Å². The summed E-state index contributed by atoms with van der Waals surface area (Å²) in [5.74, 6) is -3.29. The smallest absolute Gasteiger partial charge is 0.288 e. The molecule has 0 aliphatic carbocycles. The van der Waals surface area contributed by atoms with E-state index in [0.717, 1.165) is 0 Å². The van der Waals surface area contributed by atoms with E-state index in [9.17, 15) is 4.79 Å². The first-order valence-electron chi connectivity index (χ1n) is 4.83. The molecule has 0 aliphatic heterocycles. The number of benzene rings is 1. The second kappa shape index (κ2) is 5.18. The summed E-state index contributed by atoms with van der Waals surface area (Å²) in [5, 5.41) is 17.5. The van der Waals surface area contributed by atoms with E-state index in [1.807, 2.05) is 0 Å². The third-order valence-electron chi connectivity index (χ3n) is 2.38. The number of ketones is 1. The maximum absolute atomic E-state index is 12.0. The average molecular weight is 226 g/mol. The molecular weight excluding hydrogens is 212 g/mol. The summed E-state index contributed by atoms with van der Waals surface area (Å²) in [5.41, 5.74) is 0.277. The van der Waals surface area contributed by atoms with E-state index in [1.54, 1.807) is 32.0 Å². The van der Waals surface area contributed by atoms with Crippen LogP contribution in [0.3, 0.4) is 0 Å². The number of hydrogen-bond donors (Lipinski definition) is 2. The van der Waals surface area contributed by atoms with Crippen LogP contribution in [0.4, 0.5) is 0 Å². The van der Waals surface area contributed by atoms with Gasteiger partial charge in [-0.2, -0.15) is 9.78 Å². The topological polar surface area (TPSA) is 76.0 Å². The van der Waals surface area contributed by atoms with E-state index in [-0.39, 0.29) is 5.56 Å². The number of carbonyl (C=O) groups is 1. The zero-order valence-electron chi connectivity index (χ0n) is 9.08. The molecule has 5 heteroatoms. The van der Waals surface area contributed by atoms with Gasteiger partial charge in [-0.25, -0.2) is 10.5 Å². The van der Waals surface area contributed by atoms with Crippen molar-refractivity contribution >= 4 is 5.78 Å². The van der Waals surface area contributed by atoms with Gasteiger partial charge in [0.1, 0.15) is 0 Å². The van der Waals surface area contributed by atoms with Gasteiger partial charge in [-0.3, -0.25) is 4.79 Å². The van der Waals surface area contributed by atoms with Gasteiger partial charge in [0.05, 0.1) is 0 Å². The van der Waals surface area contributed by atoms with Gasteiger partial charge < -0.3 is 0 Å². The molecule has 0 saturated heterocycles. The highest BCUT2D eigenvalue weighted by Crippen LogP contribution is 2.26. The molecule has 0 atom stereocenters. The lowest BCUT2D eigenvalue weighted by Crippen LogP contribution is -2.47. The average Bonchev–Trinajstić information content (AvgIpc) is 2.32. The molecule has 0 radical (unpaired) electrons. The molecule has 2 N–H and O–H groups in total. The van der Waals surface area contributed by atoms with Crippen molar-refractivity contribution < 1.29 is 25.1 Å². The summed E-state index contributed by atoms with van der Waals surface area (Å²) in [4.78, 5) is 20.1. The Balaban J connectivity index is 3.10. The van der Waals surface area contributed by atoms with Crippen LogP contribution in [0.25, 0.3) is 0 Å². The third kappa shape index (κ3) is 2.12. The Hall–Kier alpha value is -1.27. The van der Waals surface area contributed by atoms with E-state index in [0.29, 0.717) is 0 Å². The predicted molar refractivity (Wildman–Crippen MR) is 55.8 cm³/mol. The van der Waals surface area contributed by atoms with E-state index < -0.39 is 17.5 Å². The molecule has 0 saturated carbocycles. The molecule has 1 rings (SSSR count). The Labute approximate surface area is 93.1 Å². The first-order chi connectivity index (χ1) is 7.58. The molecular formula is C11H14O5. The Morgan fingerprint density at radius 2 is 1.69 bits per heavy atom. The minimum atomic E-state index is -2.08. The molecule has 0 bridgehead atoms. The molecule has 0 amide bonds. The lowest BCUT2D eigenvalue weighted by Gasteiger charge is -2.28. The van der Waals surface area contributed by atoms with E-state index in [1.165, 1.54) is 12.1 Å². The van der Waals surface area contributed by atoms with Crippen molar-refractivity contribution in [1.29, 1.82) is 0 Å². The molecule has 0 spiro atoms. The van der Waals surface area contributed by atoms with Gasteiger partial charge in [0.2, 0.25) is 5.78 Å². The zero-order chi connectivity index (χ0) is 12.2. The first-order valence-corrected chi connectivity index (χ1v) is 4.83. The fourth-order valence-corrected chi connectivity index (χ4v) is 1.36. The SMILES string of the molecule is CC(C)C(OO)(OO)C(=O)c1ccccc1. The highest BCUT2D eigenvalue weighted by molar-refractivity contribution is 6.01. The molecule has 0 aromatic heterocycles. The van der Waals surface area contributed by atoms with E-state index >= 15 is 0 Å². The molecule has 16 heavy (non-hydrogen) atoms. The van der Waals surface area contributed by atoms with Gasteiger partial charge in [0, 0.05) is 11.5 Å². The molecule has 0 fully saturated rings. The van der Waals surface area contributed by atoms with Crippen molar-refractivity contribution in [3.05, 3.63) is 35.9 Å². The second-order valence-corrected chi connectivity index (χ2v) is 3.70. The third-order valence-corrected chi connectivity index (χ3v) is 2.38. The predicted octanol–water partition coefficient (Wildman–Crippen LogP) is 2.20. The fourth-order valence-electron chi connectivity index (χ4n) is 1.36. The molecule has 0 aliphatic rings. The van der Waals surface area contributed by atoms with Gasteiger partial charge in [0.15, 0.2) is 0 Å². The summed E-state index contributed by atoms with van der Waals surface area (Å²) in [6.45, 7) is 3.15. The largest absolute Gasteiger partial charge is 0.297 e. The Bertz CT molecular complexity index is 343. The van der Waals surface area contributed by atoms with Crippen molar-refractivity contribution in [2.45, 2.75) is 19.6 Å². The van der Waals surface area contributed by atoms with Crippen molar-refractivity contribution in [2.75, 3.05) is 0 Å². The Morgan fingerprint density at radius 3 is 2.06 bits per heavy atom. The number of carbonyl (C=O) groups excluding carboxylic acids is 1. The number of hydrogen-bond acceptors (Lipinski definition) is 5. The van der Waals surface area contributed by atoms with Crippen LogP contribution in [0.15, 0.2) is 30.3 Å². The molecule has 5 nitrogen and oxygen atoms in total.